The Morgan fingerprint density at radius 1 is 1.32 bits per heavy atom. The molecule has 1 saturated carbocycles. The molecule has 5 nitrogen and oxygen atoms in total. The zero-order valence-electron chi connectivity index (χ0n) is 10.3. The van der Waals surface area contributed by atoms with Crippen LogP contribution in [0.5, 0.6) is 0 Å². The van der Waals surface area contributed by atoms with Gasteiger partial charge in [0.05, 0.1) is 12.2 Å². The van der Waals surface area contributed by atoms with Gasteiger partial charge in [0.15, 0.2) is 0 Å². The molecule has 0 aliphatic heterocycles. The average Bonchev–Trinajstić information content (AvgIpc) is 3.11. The summed E-state index contributed by atoms with van der Waals surface area (Å²) in [5, 5.41) is 6.01. The molecule has 0 aromatic carbocycles. The van der Waals surface area contributed by atoms with Crippen molar-refractivity contribution in [3.05, 3.63) is 29.8 Å². The molecular formula is C12H15N3O2S2. The third kappa shape index (κ3) is 2.52. The highest BCUT2D eigenvalue weighted by Gasteiger charge is 2.23. The number of aromatic nitrogens is 2. The van der Waals surface area contributed by atoms with E-state index in [1.54, 1.807) is 34.5 Å². The molecule has 2 aromatic rings. The second-order valence-corrected chi connectivity index (χ2v) is 7.49. The minimum atomic E-state index is -3.48. The standard InChI is InChI=1S/C12H15N3O2S2/c16-19(17,12-6-3-9-18-12)14-11-7-8-13-15(11)10-4-1-2-5-10/h3,6-10,14H,1-2,4-5H2. The van der Waals surface area contributed by atoms with Crippen LogP contribution in [0.4, 0.5) is 5.82 Å². The molecule has 7 heteroatoms. The first-order valence-corrected chi connectivity index (χ1v) is 8.63. The third-order valence-electron chi connectivity index (χ3n) is 3.34. The van der Waals surface area contributed by atoms with Crippen LogP contribution < -0.4 is 4.72 Å². The molecule has 0 unspecified atom stereocenters. The molecule has 3 rings (SSSR count). The first-order valence-electron chi connectivity index (χ1n) is 6.27. The molecule has 0 amide bonds. The van der Waals surface area contributed by atoms with Crippen LogP contribution in [0.1, 0.15) is 31.7 Å². The lowest BCUT2D eigenvalue weighted by Crippen LogP contribution is -2.17. The van der Waals surface area contributed by atoms with E-state index in [1.165, 1.54) is 24.2 Å². The molecule has 0 bridgehead atoms. The van der Waals surface area contributed by atoms with E-state index in [0.29, 0.717) is 16.1 Å². The van der Waals surface area contributed by atoms with Gasteiger partial charge in [-0.25, -0.2) is 13.1 Å². The van der Waals surface area contributed by atoms with Gasteiger partial charge in [0, 0.05) is 6.07 Å². The molecule has 0 atom stereocenters. The Morgan fingerprint density at radius 2 is 2.11 bits per heavy atom. The SMILES string of the molecule is O=S(=O)(Nc1ccnn1C1CCCC1)c1cccs1. The number of nitrogens with one attached hydrogen (secondary N) is 1. The molecule has 19 heavy (non-hydrogen) atoms. The van der Waals surface area contributed by atoms with Crippen molar-refractivity contribution in [1.82, 2.24) is 9.78 Å². The maximum atomic E-state index is 12.2. The predicted octanol–water partition coefficient (Wildman–Crippen LogP) is 2.86. The number of hydrogen-bond donors (Lipinski definition) is 1. The summed E-state index contributed by atoms with van der Waals surface area (Å²) in [6.07, 6.45) is 6.14. The zero-order valence-corrected chi connectivity index (χ0v) is 12.0. The third-order valence-corrected chi connectivity index (χ3v) is 6.09. The van der Waals surface area contributed by atoms with E-state index < -0.39 is 10.0 Å². The maximum absolute atomic E-state index is 12.2. The quantitative estimate of drug-likeness (QED) is 0.943. The van der Waals surface area contributed by atoms with Gasteiger partial charge >= 0.3 is 0 Å². The van der Waals surface area contributed by atoms with E-state index in [0.717, 1.165) is 12.8 Å². The second-order valence-electron chi connectivity index (χ2n) is 4.64. The molecule has 1 aliphatic rings. The Kier molecular flexibility index (Phi) is 3.32. The Hall–Kier alpha value is -1.34. The fraction of sp³-hybridized carbons (Fsp3) is 0.417. The normalized spacial score (nSPS) is 16.8. The molecule has 1 aliphatic carbocycles. The van der Waals surface area contributed by atoms with Crippen molar-refractivity contribution in [3.63, 3.8) is 0 Å². The average molecular weight is 297 g/mol. The van der Waals surface area contributed by atoms with Crippen molar-refractivity contribution in [1.29, 1.82) is 0 Å². The number of sulfonamides is 1. The van der Waals surface area contributed by atoms with E-state index >= 15 is 0 Å². The highest BCUT2D eigenvalue weighted by Crippen LogP contribution is 2.32. The highest BCUT2D eigenvalue weighted by atomic mass is 32.2. The van der Waals surface area contributed by atoms with Crippen LogP contribution in [0.15, 0.2) is 34.0 Å². The van der Waals surface area contributed by atoms with Crippen LogP contribution in [-0.4, -0.2) is 18.2 Å². The van der Waals surface area contributed by atoms with Crippen molar-refractivity contribution in [2.24, 2.45) is 0 Å². The number of hydrogen-bond acceptors (Lipinski definition) is 4. The van der Waals surface area contributed by atoms with Crippen LogP contribution in [0.25, 0.3) is 0 Å². The van der Waals surface area contributed by atoms with Gasteiger partial charge in [0.25, 0.3) is 10.0 Å². The largest absolute Gasteiger partial charge is 0.272 e. The molecule has 2 heterocycles. The summed E-state index contributed by atoms with van der Waals surface area (Å²) < 4.78 is 29.1. The Balaban J connectivity index is 1.86. The summed E-state index contributed by atoms with van der Waals surface area (Å²) in [5.41, 5.74) is 0. The topological polar surface area (TPSA) is 64.0 Å². The zero-order chi connectivity index (χ0) is 13.3. The van der Waals surface area contributed by atoms with E-state index in [2.05, 4.69) is 9.82 Å². The lowest BCUT2D eigenvalue weighted by atomic mass is 10.2. The summed E-state index contributed by atoms with van der Waals surface area (Å²) in [7, 11) is -3.48. The smallest absolute Gasteiger partial charge is 0.263 e. The van der Waals surface area contributed by atoms with Gasteiger partial charge < -0.3 is 0 Å². The van der Waals surface area contributed by atoms with Gasteiger partial charge in [-0.15, -0.1) is 11.3 Å². The highest BCUT2D eigenvalue weighted by molar-refractivity contribution is 7.94. The minimum absolute atomic E-state index is 0.316. The molecule has 2 aromatic heterocycles. The monoisotopic (exact) mass is 297 g/mol. The first kappa shape index (κ1) is 12.7. The molecule has 1 N–H and O–H groups in total. The lowest BCUT2D eigenvalue weighted by Gasteiger charge is -2.14. The van der Waals surface area contributed by atoms with Crippen molar-refractivity contribution < 1.29 is 8.42 Å². The Morgan fingerprint density at radius 3 is 2.79 bits per heavy atom. The second kappa shape index (κ2) is 4.97. The lowest BCUT2D eigenvalue weighted by molar-refractivity contribution is 0.473. The number of anilines is 1. The van der Waals surface area contributed by atoms with E-state index in [9.17, 15) is 8.42 Å². The Labute approximate surface area is 116 Å². The van der Waals surface area contributed by atoms with Crippen molar-refractivity contribution in [2.45, 2.75) is 35.9 Å². The number of rotatable bonds is 4. The van der Waals surface area contributed by atoms with Crippen molar-refractivity contribution in [2.75, 3.05) is 4.72 Å². The maximum Gasteiger partial charge on any atom is 0.272 e. The van der Waals surface area contributed by atoms with Gasteiger partial charge in [-0.1, -0.05) is 18.9 Å². The number of thiophene rings is 1. The van der Waals surface area contributed by atoms with Gasteiger partial charge in [-0.05, 0) is 24.3 Å². The Bertz CT molecular complexity index is 640. The summed E-state index contributed by atoms with van der Waals surface area (Å²) in [4.78, 5) is 0. The van der Waals surface area contributed by atoms with Crippen LogP contribution in [-0.2, 0) is 10.0 Å². The summed E-state index contributed by atoms with van der Waals surface area (Å²) in [6.45, 7) is 0. The van der Waals surface area contributed by atoms with Crippen LogP contribution in [0.3, 0.4) is 0 Å². The minimum Gasteiger partial charge on any atom is -0.263 e. The van der Waals surface area contributed by atoms with Gasteiger partial charge in [-0.2, -0.15) is 5.10 Å². The summed E-state index contributed by atoms with van der Waals surface area (Å²) >= 11 is 1.21. The van der Waals surface area contributed by atoms with Crippen LogP contribution in [0, 0.1) is 0 Å². The summed E-state index contributed by atoms with van der Waals surface area (Å²) in [6, 6.07) is 5.36. The van der Waals surface area contributed by atoms with Crippen LogP contribution in [0.2, 0.25) is 0 Å². The number of nitrogens with zero attached hydrogens (tertiary/aromatic N) is 2. The van der Waals surface area contributed by atoms with Gasteiger partial charge in [0.1, 0.15) is 10.0 Å². The van der Waals surface area contributed by atoms with E-state index in [-0.39, 0.29) is 0 Å². The van der Waals surface area contributed by atoms with Crippen molar-refractivity contribution in [3.8, 4) is 0 Å². The molecular weight excluding hydrogens is 282 g/mol. The molecule has 1 fully saturated rings. The molecule has 0 saturated heterocycles. The molecule has 0 radical (unpaired) electrons. The fourth-order valence-corrected chi connectivity index (χ4v) is 4.48. The molecule has 102 valence electrons. The van der Waals surface area contributed by atoms with Gasteiger partial charge in [-0.3, -0.25) is 4.72 Å². The summed E-state index contributed by atoms with van der Waals surface area (Å²) in [5.74, 6) is 0.556. The first-order chi connectivity index (χ1) is 9.17. The van der Waals surface area contributed by atoms with E-state index in [1.807, 2.05) is 0 Å². The predicted molar refractivity (Wildman–Crippen MR) is 74.9 cm³/mol. The molecule has 0 spiro atoms. The van der Waals surface area contributed by atoms with Crippen LogP contribution >= 0.6 is 11.3 Å². The van der Waals surface area contributed by atoms with Crippen molar-refractivity contribution >= 4 is 27.2 Å². The fourth-order valence-electron chi connectivity index (χ4n) is 2.44. The van der Waals surface area contributed by atoms with Gasteiger partial charge in [0.2, 0.25) is 0 Å². The van der Waals surface area contributed by atoms with E-state index in [4.69, 9.17) is 0 Å².